The first kappa shape index (κ1) is 18.2. The van der Waals surface area contributed by atoms with Crippen LogP contribution in [0.25, 0.3) is 0 Å². The van der Waals surface area contributed by atoms with Crippen molar-refractivity contribution in [2.45, 2.75) is 39.5 Å². The van der Waals surface area contributed by atoms with Crippen LogP contribution >= 0.6 is 0 Å². The Bertz CT molecular complexity index is 819. The van der Waals surface area contributed by atoms with Crippen LogP contribution in [0.2, 0.25) is 0 Å². The normalized spacial score (nSPS) is 17.5. The number of para-hydroxylation sites is 1. The molecular formula is C22H26N2O2. The number of nitrogens with one attached hydrogen (secondary N) is 1. The minimum atomic E-state index is -0.336. The van der Waals surface area contributed by atoms with Gasteiger partial charge >= 0.3 is 0 Å². The van der Waals surface area contributed by atoms with E-state index in [1.54, 1.807) is 4.90 Å². The van der Waals surface area contributed by atoms with Gasteiger partial charge < -0.3 is 10.2 Å². The number of benzene rings is 2. The second-order valence-corrected chi connectivity index (χ2v) is 8.03. The van der Waals surface area contributed by atoms with Crippen LogP contribution in [0.4, 0.5) is 11.4 Å². The lowest BCUT2D eigenvalue weighted by Crippen LogP contribution is -2.28. The zero-order chi connectivity index (χ0) is 18.9. The van der Waals surface area contributed by atoms with E-state index in [2.05, 4.69) is 26.1 Å². The van der Waals surface area contributed by atoms with Gasteiger partial charge in [-0.1, -0.05) is 56.7 Å². The molecular weight excluding hydrogens is 324 g/mol. The lowest BCUT2D eigenvalue weighted by molar-refractivity contribution is -0.122. The van der Waals surface area contributed by atoms with E-state index < -0.39 is 0 Å². The molecule has 4 heteroatoms. The Morgan fingerprint density at radius 2 is 1.73 bits per heavy atom. The Morgan fingerprint density at radius 3 is 2.38 bits per heavy atom. The Kier molecular flexibility index (Phi) is 4.86. The first-order valence-electron chi connectivity index (χ1n) is 9.03. The Morgan fingerprint density at radius 1 is 1.08 bits per heavy atom. The van der Waals surface area contributed by atoms with Gasteiger partial charge in [-0.3, -0.25) is 9.59 Å². The van der Waals surface area contributed by atoms with E-state index in [4.69, 9.17) is 0 Å². The second-order valence-electron chi connectivity index (χ2n) is 8.03. The van der Waals surface area contributed by atoms with Crippen molar-refractivity contribution in [3.05, 3.63) is 59.7 Å². The average Bonchev–Trinajstić information content (AvgIpc) is 2.97. The van der Waals surface area contributed by atoms with Crippen LogP contribution in [0, 0.1) is 12.8 Å². The molecule has 4 nitrogen and oxygen atoms in total. The molecule has 1 aliphatic heterocycles. The third kappa shape index (κ3) is 3.79. The van der Waals surface area contributed by atoms with Crippen LogP contribution < -0.4 is 10.2 Å². The van der Waals surface area contributed by atoms with E-state index in [1.165, 1.54) is 0 Å². The van der Waals surface area contributed by atoms with Gasteiger partial charge in [-0.2, -0.15) is 0 Å². The van der Waals surface area contributed by atoms with Gasteiger partial charge in [0.05, 0.1) is 5.92 Å². The lowest BCUT2D eigenvalue weighted by atomic mass is 9.85. The summed E-state index contributed by atoms with van der Waals surface area (Å²) in [6.45, 7) is 8.80. The van der Waals surface area contributed by atoms with E-state index >= 15 is 0 Å². The molecule has 0 bridgehead atoms. The maximum atomic E-state index is 12.8. The molecule has 1 saturated heterocycles. The first-order valence-corrected chi connectivity index (χ1v) is 9.03. The minimum Gasteiger partial charge on any atom is -0.326 e. The van der Waals surface area contributed by atoms with Crippen molar-refractivity contribution in [1.29, 1.82) is 0 Å². The fraction of sp³-hybridized carbons (Fsp3) is 0.364. The molecule has 1 heterocycles. The fourth-order valence-corrected chi connectivity index (χ4v) is 3.34. The topological polar surface area (TPSA) is 49.4 Å². The van der Waals surface area contributed by atoms with Gasteiger partial charge in [0.25, 0.3) is 0 Å². The molecule has 3 rings (SSSR count). The number of rotatable bonds is 3. The zero-order valence-electron chi connectivity index (χ0n) is 15.9. The van der Waals surface area contributed by atoms with E-state index in [0.29, 0.717) is 6.54 Å². The summed E-state index contributed by atoms with van der Waals surface area (Å²) < 4.78 is 0. The maximum Gasteiger partial charge on any atom is 0.229 e. The fourth-order valence-electron chi connectivity index (χ4n) is 3.34. The molecule has 0 aliphatic carbocycles. The van der Waals surface area contributed by atoms with Crippen molar-refractivity contribution >= 4 is 23.2 Å². The number of amides is 2. The molecule has 1 atom stereocenters. The van der Waals surface area contributed by atoms with E-state index in [1.807, 2.05) is 55.5 Å². The third-order valence-corrected chi connectivity index (χ3v) is 4.83. The Hall–Kier alpha value is -2.62. The van der Waals surface area contributed by atoms with E-state index in [0.717, 1.165) is 22.5 Å². The van der Waals surface area contributed by atoms with Gasteiger partial charge in [0.2, 0.25) is 11.8 Å². The highest BCUT2D eigenvalue weighted by molar-refractivity contribution is 6.03. The molecule has 2 aromatic carbocycles. The van der Waals surface area contributed by atoms with E-state index in [-0.39, 0.29) is 29.6 Å². The number of carbonyl (C=O) groups is 2. The molecule has 0 saturated carbocycles. The molecule has 136 valence electrons. The molecule has 0 spiro atoms. The summed E-state index contributed by atoms with van der Waals surface area (Å²) in [6, 6.07) is 15.7. The standard InChI is InChI=1S/C22H26N2O2/c1-15-9-11-17(12-10-15)24-14-16(13-20(24)25)21(26)23-19-8-6-5-7-18(19)22(2,3)4/h5-12,16H,13-14H2,1-4H3,(H,23,26)/t16-/m1/s1. The highest BCUT2D eigenvalue weighted by atomic mass is 16.2. The highest BCUT2D eigenvalue weighted by Crippen LogP contribution is 2.31. The summed E-state index contributed by atoms with van der Waals surface area (Å²) in [5.41, 5.74) is 3.85. The lowest BCUT2D eigenvalue weighted by Gasteiger charge is -2.23. The SMILES string of the molecule is Cc1ccc(N2C[C@H](C(=O)Nc3ccccc3C(C)(C)C)CC2=O)cc1. The second kappa shape index (κ2) is 6.94. The van der Waals surface area contributed by atoms with Crippen LogP contribution in [0.15, 0.2) is 48.5 Å². The number of anilines is 2. The maximum absolute atomic E-state index is 12.8. The van der Waals surface area contributed by atoms with Gasteiger partial charge in [0.1, 0.15) is 0 Å². The molecule has 2 aromatic rings. The number of carbonyl (C=O) groups excluding carboxylic acids is 2. The van der Waals surface area contributed by atoms with Crippen molar-refractivity contribution in [3.8, 4) is 0 Å². The summed E-state index contributed by atoms with van der Waals surface area (Å²) in [5.74, 6) is -0.431. The number of hydrogen-bond acceptors (Lipinski definition) is 2. The molecule has 1 fully saturated rings. The quantitative estimate of drug-likeness (QED) is 0.898. The van der Waals surface area contributed by atoms with Gasteiger partial charge in [-0.05, 0) is 36.1 Å². The largest absolute Gasteiger partial charge is 0.326 e. The predicted octanol–water partition coefficient (Wildman–Crippen LogP) is 4.28. The monoisotopic (exact) mass is 350 g/mol. The average molecular weight is 350 g/mol. The summed E-state index contributed by atoms with van der Waals surface area (Å²) in [6.07, 6.45) is 0.247. The summed E-state index contributed by atoms with van der Waals surface area (Å²) >= 11 is 0. The number of hydrogen-bond donors (Lipinski definition) is 1. The minimum absolute atomic E-state index is 0.00175. The van der Waals surface area contributed by atoms with Gasteiger partial charge in [-0.25, -0.2) is 0 Å². The molecule has 0 aromatic heterocycles. The van der Waals surface area contributed by atoms with E-state index in [9.17, 15) is 9.59 Å². The molecule has 1 aliphatic rings. The van der Waals surface area contributed by atoms with Gasteiger partial charge in [0.15, 0.2) is 0 Å². The number of aryl methyl sites for hydroxylation is 1. The Labute approximate surface area is 155 Å². The smallest absolute Gasteiger partial charge is 0.229 e. The van der Waals surface area contributed by atoms with Crippen molar-refractivity contribution in [2.24, 2.45) is 5.92 Å². The van der Waals surface area contributed by atoms with Crippen molar-refractivity contribution in [1.82, 2.24) is 0 Å². The van der Waals surface area contributed by atoms with Crippen LogP contribution in [0.3, 0.4) is 0 Å². The Balaban J connectivity index is 1.74. The molecule has 1 N–H and O–H groups in total. The predicted molar refractivity (Wildman–Crippen MR) is 105 cm³/mol. The van der Waals surface area contributed by atoms with Crippen LogP contribution in [-0.4, -0.2) is 18.4 Å². The third-order valence-electron chi connectivity index (χ3n) is 4.83. The van der Waals surface area contributed by atoms with Crippen molar-refractivity contribution < 1.29 is 9.59 Å². The van der Waals surface area contributed by atoms with Gasteiger partial charge in [0, 0.05) is 24.3 Å². The molecule has 2 amide bonds. The summed E-state index contributed by atoms with van der Waals surface area (Å²) in [5, 5.41) is 3.04. The molecule has 0 unspecified atom stereocenters. The molecule has 26 heavy (non-hydrogen) atoms. The first-order chi connectivity index (χ1) is 12.3. The zero-order valence-corrected chi connectivity index (χ0v) is 15.9. The highest BCUT2D eigenvalue weighted by Gasteiger charge is 2.35. The van der Waals surface area contributed by atoms with Crippen molar-refractivity contribution in [2.75, 3.05) is 16.8 Å². The summed E-state index contributed by atoms with van der Waals surface area (Å²) in [4.78, 5) is 26.9. The van der Waals surface area contributed by atoms with Crippen LogP contribution in [0.1, 0.15) is 38.3 Å². The van der Waals surface area contributed by atoms with Crippen molar-refractivity contribution in [3.63, 3.8) is 0 Å². The van der Waals surface area contributed by atoms with Crippen LogP contribution in [0.5, 0.6) is 0 Å². The number of nitrogens with zero attached hydrogens (tertiary/aromatic N) is 1. The molecule has 0 radical (unpaired) electrons. The van der Waals surface area contributed by atoms with Gasteiger partial charge in [-0.15, -0.1) is 0 Å². The van der Waals surface area contributed by atoms with Crippen LogP contribution in [-0.2, 0) is 15.0 Å². The summed E-state index contributed by atoms with van der Waals surface area (Å²) in [7, 11) is 0.